The Labute approximate surface area is 122 Å². The van der Waals surface area contributed by atoms with Gasteiger partial charge in [-0.25, -0.2) is 4.98 Å². The van der Waals surface area contributed by atoms with Crippen LogP contribution in [0.1, 0.15) is 30.3 Å². The van der Waals surface area contributed by atoms with Crippen molar-refractivity contribution in [2.45, 2.75) is 25.7 Å². The number of aromatic amines is 1. The van der Waals surface area contributed by atoms with Crippen LogP contribution in [0.4, 0.5) is 5.82 Å². The summed E-state index contributed by atoms with van der Waals surface area (Å²) >= 11 is 0. The summed E-state index contributed by atoms with van der Waals surface area (Å²) in [5.41, 5.74) is 2.00. The highest BCUT2D eigenvalue weighted by Crippen LogP contribution is 2.27. The number of hydrogen-bond acceptors (Lipinski definition) is 5. The molecule has 3 aromatic heterocycles. The third-order valence-corrected chi connectivity index (χ3v) is 4.01. The van der Waals surface area contributed by atoms with Gasteiger partial charge in [0.1, 0.15) is 5.82 Å². The maximum atomic E-state index is 4.58. The molecule has 0 aromatic carbocycles. The van der Waals surface area contributed by atoms with Crippen LogP contribution < -0.4 is 4.90 Å². The summed E-state index contributed by atoms with van der Waals surface area (Å²) in [6.45, 7) is 3.86. The zero-order valence-electron chi connectivity index (χ0n) is 11.9. The molecular weight excluding hydrogens is 266 g/mol. The van der Waals surface area contributed by atoms with Crippen LogP contribution in [-0.2, 0) is 0 Å². The number of rotatable bonds is 2. The first kappa shape index (κ1) is 12.3. The van der Waals surface area contributed by atoms with Crippen molar-refractivity contribution in [1.29, 1.82) is 0 Å². The largest absolute Gasteiger partial charge is 0.354 e. The molecule has 1 saturated heterocycles. The molecule has 7 heteroatoms. The molecule has 21 heavy (non-hydrogen) atoms. The van der Waals surface area contributed by atoms with Crippen LogP contribution in [-0.4, -0.2) is 43.1 Å². The van der Waals surface area contributed by atoms with Gasteiger partial charge >= 0.3 is 0 Å². The molecule has 0 spiro atoms. The summed E-state index contributed by atoms with van der Waals surface area (Å²) in [4.78, 5) is 6.62. The fourth-order valence-corrected chi connectivity index (χ4v) is 2.98. The van der Waals surface area contributed by atoms with Gasteiger partial charge < -0.3 is 4.90 Å². The zero-order valence-corrected chi connectivity index (χ0v) is 11.9. The minimum absolute atomic E-state index is 0.483. The van der Waals surface area contributed by atoms with Crippen molar-refractivity contribution in [2.24, 2.45) is 0 Å². The van der Waals surface area contributed by atoms with E-state index in [1.165, 1.54) is 12.1 Å². The van der Waals surface area contributed by atoms with E-state index in [0.29, 0.717) is 5.92 Å². The summed E-state index contributed by atoms with van der Waals surface area (Å²) in [5, 5.41) is 16.0. The van der Waals surface area contributed by atoms with Crippen LogP contribution >= 0.6 is 0 Å². The average molecular weight is 283 g/mol. The number of hydrogen-bond donors (Lipinski definition) is 1. The van der Waals surface area contributed by atoms with Crippen molar-refractivity contribution in [3.63, 3.8) is 0 Å². The molecule has 0 aliphatic carbocycles. The molecule has 108 valence electrons. The highest BCUT2D eigenvalue weighted by Gasteiger charge is 2.23. The standard InChI is InChI=1S/C14H17N7/c1-10-16-13-4-5-14(19-21(13)18-10)20-8-2-3-11(9-20)12-6-7-15-17-12/h4-7,11H,2-3,8-9H2,1H3,(H,15,17). The van der Waals surface area contributed by atoms with Crippen LogP contribution in [0.2, 0.25) is 0 Å². The molecule has 1 N–H and O–H groups in total. The van der Waals surface area contributed by atoms with Gasteiger partial charge in [-0.2, -0.15) is 5.10 Å². The average Bonchev–Trinajstić information content (AvgIpc) is 3.15. The van der Waals surface area contributed by atoms with E-state index in [0.717, 1.165) is 36.8 Å². The first-order valence-electron chi connectivity index (χ1n) is 7.24. The third-order valence-electron chi connectivity index (χ3n) is 4.01. The van der Waals surface area contributed by atoms with Crippen molar-refractivity contribution >= 4 is 11.5 Å². The highest BCUT2D eigenvalue weighted by molar-refractivity contribution is 5.46. The van der Waals surface area contributed by atoms with Gasteiger partial charge in [0.25, 0.3) is 0 Å². The Balaban J connectivity index is 1.61. The molecule has 0 amide bonds. The van der Waals surface area contributed by atoms with E-state index < -0.39 is 0 Å². The van der Waals surface area contributed by atoms with E-state index in [9.17, 15) is 0 Å². The Kier molecular flexibility index (Phi) is 2.83. The van der Waals surface area contributed by atoms with Crippen LogP contribution in [0.3, 0.4) is 0 Å². The summed E-state index contributed by atoms with van der Waals surface area (Å²) in [6, 6.07) is 6.06. The number of piperidine rings is 1. The van der Waals surface area contributed by atoms with Crippen LogP contribution in [0, 0.1) is 6.92 Å². The van der Waals surface area contributed by atoms with E-state index in [-0.39, 0.29) is 0 Å². The number of nitrogens with one attached hydrogen (secondary N) is 1. The molecule has 1 aliphatic rings. The smallest absolute Gasteiger partial charge is 0.176 e. The number of aromatic nitrogens is 6. The maximum Gasteiger partial charge on any atom is 0.176 e. The lowest BCUT2D eigenvalue weighted by molar-refractivity contribution is 0.495. The molecule has 1 unspecified atom stereocenters. The van der Waals surface area contributed by atoms with Crippen molar-refractivity contribution in [2.75, 3.05) is 18.0 Å². The van der Waals surface area contributed by atoms with Gasteiger partial charge in [-0.15, -0.1) is 14.8 Å². The summed E-state index contributed by atoms with van der Waals surface area (Å²) in [7, 11) is 0. The molecular formula is C14H17N7. The van der Waals surface area contributed by atoms with Gasteiger partial charge in [-0.3, -0.25) is 5.10 Å². The second-order valence-corrected chi connectivity index (χ2v) is 5.50. The van der Waals surface area contributed by atoms with Crippen molar-refractivity contribution < 1.29 is 0 Å². The zero-order chi connectivity index (χ0) is 14.2. The highest BCUT2D eigenvalue weighted by atomic mass is 15.5. The molecule has 0 bridgehead atoms. The predicted octanol–water partition coefficient (Wildman–Crippen LogP) is 1.54. The molecule has 1 aliphatic heterocycles. The molecule has 3 aromatic rings. The van der Waals surface area contributed by atoms with Gasteiger partial charge in [0.2, 0.25) is 0 Å². The summed E-state index contributed by atoms with van der Waals surface area (Å²) in [5.74, 6) is 2.18. The minimum atomic E-state index is 0.483. The number of aryl methyl sites for hydroxylation is 1. The van der Waals surface area contributed by atoms with Gasteiger partial charge in [-0.05, 0) is 38.0 Å². The van der Waals surface area contributed by atoms with Gasteiger partial charge in [0.05, 0.1) is 0 Å². The molecule has 0 radical (unpaired) electrons. The fraction of sp³-hybridized carbons (Fsp3) is 0.429. The van der Waals surface area contributed by atoms with E-state index in [1.54, 1.807) is 4.63 Å². The Hall–Kier alpha value is -2.44. The summed E-state index contributed by atoms with van der Waals surface area (Å²) in [6.07, 6.45) is 4.15. The molecule has 1 atom stereocenters. The topological polar surface area (TPSA) is 75.0 Å². The van der Waals surface area contributed by atoms with Crippen molar-refractivity contribution in [3.05, 3.63) is 35.9 Å². The van der Waals surface area contributed by atoms with E-state index in [4.69, 9.17) is 0 Å². The van der Waals surface area contributed by atoms with Crippen LogP contribution in [0.5, 0.6) is 0 Å². The molecule has 0 saturated carbocycles. The lowest BCUT2D eigenvalue weighted by atomic mass is 9.95. The Morgan fingerprint density at radius 3 is 3.05 bits per heavy atom. The normalized spacial score (nSPS) is 19.3. The minimum Gasteiger partial charge on any atom is -0.354 e. The second-order valence-electron chi connectivity index (χ2n) is 5.50. The van der Waals surface area contributed by atoms with Crippen LogP contribution in [0.15, 0.2) is 24.4 Å². The van der Waals surface area contributed by atoms with Crippen molar-refractivity contribution in [1.82, 2.24) is 30.0 Å². The van der Waals surface area contributed by atoms with E-state index >= 15 is 0 Å². The first-order valence-corrected chi connectivity index (χ1v) is 7.24. The number of nitrogens with zero attached hydrogens (tertiary/aromatic N) is 6. The van der Waals surface area contributed by atoms with Gasteiger partial charge in [0.15, 0.2) is 11.5 Å². The number of H-pyrrole nitrogens is 1. The maximum absolute atomic E-state index is 4.58. The van der Waals surface area contributed by atoms with Crippen molar-refractivity contribution in [3.8, 4) is 0 Å². The molecule has 4 rings (SSSR count). The van der Waals surface area contributed by atoms with Gasteiger partial charge in [-0.1, -0.05) is 0 Å². The monoisotopic (exact) mass is 283 g/mol. The first-order chi connectivity index (χ1) is 10.3. The Bertz CT molecular complexity index is 746. The predicted molar refractivity (Wildman–Crippen MR) is 78.3 cm³/mol. The SMILES string of the molecule is Cc1nc2ccc(N3CCCC(c4ccn[nH]4)C3)nn2n1. The number of fused-ring (bicyclic) bond motifs is 1. The Morgan fingerprint density at radius 2 is 2.19 bits per heavy atom. The van der Waals surface area contributed by atoms with Crippen LogP contribution in [0.25, 0.3) is 5.65 Å². The Morgan fingerprint density at radius 1 is 1.24 bits per heavy atom. The lowest BCUT2D eigenvalue weighted by Crippen LogP contribution is -2.35. The molecule has 4 heterocycles. The van der Waals surface area contributed by atoms with E-state index in [2.05, 4.69) is 36.3 Å². The second kappa shape index (κ2) is 4.83. The molecule has 7 nitrogen and oxygen atoms in total. The number of anilines is 1. The molecule has 1 fully saturated rings. The summed E-state index contributed by atoms with van der Waals surface area (Å²) < 4.78 is 1.62. The third kappa shape index (κ3) is 2.24. The van der Waals surface area contributed by atoms with Gasteiger partial charge in [0, 0.05) is 30.9 Å². The lowest BCUT2D eigenvalue weighted by Gasteiger charge is -2.32. The van der Waals surface area contributed by atoms with E-state index in [1.807, 2.05) is 25.3 Å². The quantitative estimate of drug-likeness (QED) is 0.772. The fourth-order valence-electron chi connectivity index (χ4n) is 2.98.